The average Bonchev–Trinajstić information content (AvgIpc) is 3.48. The first-order chi connectivity index (χ1) is 15.5. The monoisotopic (exact) mass is 470 g/mol. The Morgan fingerprint density at radius 2 is 2.00 bits per heavy atom. The maximum Gasteiger partial charge on any atom is 0.263 e. The van der Waals surface area contributed by atoms with E-state index in [1.54, 1.807) is 18.0 Å². The zero-order valence-corrected chi connectivity index (χ0v) is 20.1. The molecule has 168 valence electrons. The minimum absolute atomic E-state index is 0.131. The summed E-state index contributed by atoms with van der Waals surface area (Å²) in [7, 11) is 0. The summed E-state index contributed by atoms with van der Waals surface area (Å²) in [6.45, 7) is 9.01. The quantitative estimate of drug-likeness (QED) is 0.284. The third-order valence-corrected chi connectivity index (χ3v) is 6.50. The number of thiazole rings is 1. The lowest BCUT2D eigenvalue weighted by molar-refractivity contribution is 0.0955. The van der Waals surface area contributed by atoms with Gasteiger partial charge < -0.3 is 15.2 Å². The minimum atomic E-state index is -0.131. The molecular formula is C21H26N8OS2. The van der Waals surface area contributed by atoms with Crippen LogP contribution in [-0.4, -0.2) is 53.5 Å². The molecule has 0 spiro atoms. The molecule has 0 saturated carbocycles. The molecule has 2 N–H and O–H groups in total. The van der Waals surface area contributed by atoms with Crippen molar-refractivity contribution in [3.8, 4) is 5.13 Å². The number of rotatable bonds is 9. The Hall–Kier alpha value is -2.92. The van der Waals surface area contributed by atoms with Crippen molar-refractivity contribution in [2.24, 2.45) is 0 Å². The Bertz CT molecular complexity index is 1210. The van der Waals surface area contributed by atoms with Crippen LogP contribution in [-0.2, 0) is 6.54 Å². The van der Waals surface area contributed by atoms with Gasteiger partial charge in [-0.15, -0.1) is 0 Å². The molecule has 32 heavy (non-hydrogen) atoms. The van der Waals surface area contributed by atoms with Crippen molar-refractivity contribution in [1.29, 1.82) is 0 Å². The predicted octanol–water partition coefficient (Wildman–Crippen LogP) is 3.74. The van der Waals surface area contributed by atoms with E-state index < -0.39 is 0 Å². The normalized spacial score (nSPS) is 11.4. The van der Waals surface area contributed by atoms with Gasteiger partial charge in [0, 0.05) is 25.0 Å². The first-order valence-electron chi connectivity index (χ1n) is 10.5. The van der Waals surface area contributed by atoms with Crippen LogP contribution in [0.2, 0.25) is 0 Å². The Morgan fingerprint density at radius 1 is 1.22 bits per heavy atom. The number of fused-ring (bicyclic) bond motifs is 1. The Balaban J connectivity index is 1.47. The molecule has 0 aliphatic carbocycles. The number of nitrogens with one attached hydrogen (secondary N) is 2. The molecule has 4 aromatic heterocycles. The molecule has 0 atom stereocenters. The summed E-state index contributed by atoms with van der Waals surface area (Å²) >= 11 is 2.97. The third-order valence-electron chi connectivity index (χ3n) is 4.60. The fraction of sp³-hybridized carbons (Fsp3) is 0.381. The predicted molar refractivity (Wildman–Crippen MR) is 129 cm³/mol. The molecule has 4 aromatic rings. The van der Waals surface area contributed by atoms with E-state index >= 15 is 0 Å². The third kappa shape index (κ3) is 4.78. The van der Waals surface area contributed by atoms with Crippen molar-refractivity contribution < 1.29 is 4.79 Å². The van der Waals surface area contributed by atoms with E-state index in [1.807, 2.05) is 40.7 Å². The van der Waals surface area contributed by atoms with Crippen molar-refractivity contribution >= 4 is 45.9 Å². The van der Waals surface area contributed by atoms with E-state index in [4.69, 9.17) is 0 Å². The average molecular weight is 471 g/mol. The standard InChI is InChI=1S/C21H26N8OS2/c1-5-31-20-26-17(24-13(2)3)15-12-23-29(18(15)27-20)11-8-22-19(30)16-14(4)25-21(32-16)28-9-6-7-10-28/h6-7,9-10,12-13H,5,8,11H2,1-4H3,(H,22,30)(H,24,26,27). The van der Waals surface area contributed by atoms with E-state index in [1.165, 1.54) is 11.3 Å². The summed E-state index contributed by atoms with van der Waals surface area (Å²) in [5.41, 5.74) is 1.48. The molecule has 11 heteroatoms. The Labute approximate surface area is 194 Å². The van der Waals surface area contributed by atoms with E-state index in [-0.39, 0.29) is 11.9 Å². The van der Waals surface area contributed by atoms with Crippen LogP contribution in [0, 0.1) is 6.92 Å². The highest BCUT2D eigenvalue weighted by molar-refractivity contribution is 7.99. The second-order valence-electron chi connectivity index (χ2n) is 7.45. The molecule has 0 saturated heterocycles. The summed E-state index contributed by atoms with van der Waals surface area (Å²) < 4.78 is 3.71. The van der Waals surface area contributed by atoms with Crippen LogP contribution >= 0.6 is 23.1 Å². The van der Waals surface area contributed by atoms with Crippen molar-refractivity contribution in [3.63, 3.8) is 0 Å². The number of carbonyl (C=O) groups excluding carboxylic acids is 1. The first-order valence-corrected chi connectivity index (χ1v) is 12.3. The number of thioether (sulfide) groups is 1. The molecule has 0 aliphatic heterocycles. The fourth-order valence-corrected chi connectivity index (χ4v) is 4.71. The van der Waals surface area contributed by atoms with Gasteiger partial charge in [-0.05, 0) is 38.7 Å². The molecule has 0 aromatic carbocycles. The molecule has 4 rings (SSSR count). The van der Waals surface area contributed by atoms with Crippen LogP contribution in [0.4, 0.5) is 5.82 Å². The van der Waals surface area contributed by atoms with Gasteiger partial charge in [-0.3, -0.25) is 4.79 Å². The number of amides is 1. The lowest BCUT2D eigenvalue weighted by atomic mass is 10.3. The lowest BCUT2D eigenvalue weighted by Gasteiger charge is -2.11. The zero-order chi connectivity index (χ0) is 22.7. The number of nitrogens with zero attached hydrogens (tertiary/aromatic N) is 6. The molecule has 0 fully saturated rings. The van der Waals surface area contributed by atoms with Gasteiger partial charge in [0.1, 0.15) is 10.7 Å². The number of hydrogen-bond acceptors (Lipinski definition) is 8. The van der Waals surface area contributed by atoms with Gasteiger partial charge in [0.25, 0.3) is 5.91 Å². The van der Waals surface area contributed by atoms with E-state index in [0.29, 0.717) is 23.1 Å². The number of aryl methyl sites for hydroxylation is 1. The van der Waals surface area contributed by atoms with Crippen LogP contribution < -0.4 is 10.6 Å². The molecule has 0 aliphatic rings. The molecule has 0 bridgehead atoms. The molecule has 4 heterocycles. The summed E-state index contributed by atoms with van der Waals surface area (Å²) in [6.07, 6.45) is 5.61. The van der Waals surface area contributed by atoms with Gasteiger partial charge in [0.05, 0.1) is 23.8 Å². The molecule has 0 unspecified atom stereocenters. The van der Waals surface area contributed by atoms with E-state index in [9.17, 15) is 4.79 Å². The highest BCUT2D eigenvalue weighted by atomic mass is 32.2. The van der Waals surface area contributed by atoms with Crippen LogP contribution in [0.15, 0.2) is 35.9 Å². The molecule has 1 amide bonds. The van der Waals surface area contributed by atoms with Gasteiger partial charge in [-0.1, -0.05) is 30.0 Å². The van der Waals surface area contributed by atoms with Crippen LogP contribution in [0.25, 0.3) is 16.2 Å². The zero-order valence-electron chi connectivity index (χ0n) is 18.5. The first kappa shape index (κ1) is 22.3. The van der Waals surface area contributed by atoms with Crippen molar-refractivity contribution in [3.05, 3.63) is 41.3 Å². The van der Waals surface area contributed by atoms with Crippen LogP contribution in [0.3, 0.4) is 0 Å². The number of anilines is 1. The maximum atomic E-state index is 12.7. The van der Waals surface area contributed by atoms with Gasteiger partial charge in [-0.2, -0.15) is 5.10 Å². The maximum absolute atomic E-state index is 12.7. The molecule has 9 nitrogen and oxygen atoms in total. The summed E-state index contributed by atoms with van der Waals surface area (Å²) in [5.74, 6) is 1.54. The summed E-state index contributed by atoms with van der Waals surface area (Å²) in [4.78, 5) is 27.2. The van der Waals surface area contributed by atoms with E-state index in [0.717, 1.165) is 33.4 Å². The molecular weight excluding hydrogens is 444 g/mol. The Kier molecular flexibility index (Phi) is 6.75. The van der Waals surface area contributed by atoms with Gasteiger partial charge >= 0.3 is 0 Å². The summed E-state index contributed by atoms with van der Waals surface area (Å²) in [6, 6.07) is 4.11. The highest BCUT2D eigenvalue weighted by Gasteiger charge is 2.17. The van der Waals surface area contributed by atoms with Crippen molar-refractivity contribution in [1.82, 2.24) is 34.6 Å². The summed E-state index contributed by atoms with van der Waals surface area (Å²) in [5, 5.41) is 13.2. The number of hydrogen-bond donors (Lipinski definition) is 2. The number of carbonyl (C=O) groups is 1. The fourth-order valence-electron chi connectivity index (χ4n) is 3.20. The lowest BCUT2D eigenvalue weighted by Crippen LogP contribution is -2.27. The van der Waals surface area contributed by atoms with Gasteiger partial charge in [0.15, 0.2) is 15.9 Å². The van der Waals surface area contributed by atoms with Crippen LogP contribution in [0.5, 0.6) is 0 Å². The van der Waals surface area contributed by atoms with Crippen LogP contribution in [0.1, 0.15) is 36.1 Å². The van der Waals surface area contributed by atoms with Crippen molar-refractivity contribution in [2.45, 2.75) is 45.4 Å². The second-order valence-corrected chi connectivity index (χ2v) is 9.66. The van der Waals surface area contributed by atoms with E-state index in [2.05, 4.69) is 51.5 Å². The second kappa shape index (κ2) is 9.70. The minimum Gasteiger partial charge on any atom is -0.367 e. The smallest absolute Gasteiger partial charge is 0.263 e. The number of aromatic nitrogens is 6. The molecule has 0 radical (unpaired) electrons. The SMILES string of the molecule is CCSc1nc(NC(C)C)c2cnn(CCNC(=O)c3sc(-n4cccc4)nc3C)c2n1. The van der Waals surface area contributed by atoms with Gasteiger partial charge in [-0.25, -0.2) is 19.6 Å². The highest BCUT2D eigenvalue weighted by Crippen LogP contribution is 2.25. The van der Waals surface area contributed by atoms with Crippen molar-refractivity contribution in [2.75, 3.05) is 17.6 Å². The Morgan fingerprint density at radius 3 is 2.72 bits per heavy atom. The van der Waals surface area contributed by atoms with Gasteiger partial charge in [0.2, 0.25) is 0 Å². The largest absolute Gasteiger partial charge is 0.367 e. The topological polar surface area (TPSA) is 103 Å².